The van der Waals surface area contributed by atoms with E-state index >= 15 is 0 Å². The Kier molecular flexibility index (Phi) is 5.93. The zero-order chi connectivity index (χ0) is 23.9. The Morgan fingerprint density at radius 3 is 2.24 bits per heavy atom. The summed E-state index contributed by atoms with van der Waals surface area (Å²) in [4.78, 5) is 29.5. The summed E-state index contributed by atoms with van der Waals surface area (Å²) in [5, 5.41) is 0. The highest BCUT2D eigenvalue weighted by molar-refractivity contribution is 7.99. The van der Waals surface area contributed by atoms with Gasteiger partial charge in [-0.2, -0.15) is 0 Å². The van der Waals surface area contributed by atoms with Gasteiger partial charge in [-0.25, -0.2) is 17.9 Å². The predicted octanol–water partition coefficient (Wildman–Crippen LogP) is 4.42. The third kappa shape index (κ3) is 4.46. The van der Waals surface area contributed by atoms with E-state index in [1.807, 2.05) is 48.5 Å². The maximum Gasteiger partial charge on any atom is 0.338 e. The molecule has 1 N–H and O–H groups in total. The first-order chi connectivity index (χ1) is 16.3. The number of ether oxygens (including phenoxy) is 1. The summed E-state index contributed by atoms with van der Waals surface area (Å²) >= 11 is 1.57. The van der Waals surface area contributed by atoms with E-state index in [2.05, 4.69) is 4.72 Å². The number of aryl methyl sites for hydroxylation is 1. The Morgan fingerprint density at radius 2 is 1.62 bits per heavy atom. The lowest BCUT2D eigenvalue weighted by Gasteiger charge is -2.30. The number of para-hydroxylation sites is 2. The Balaban J connectivity index is 1.36. The summed E-state index contributed by atoms with van der Waals surface area (Å²) in [7, 11) is -3.72. The van der Waals surface area contributed by atoms with Gasteiger partial charge in [0.1, 0.15) is 0 Å². The molecule has 2 aliphatic rings. The normalized spacial score (nSPS) is 14.8. The van der Waals surface area contributed by atoms with Crippen LogP contribution in [0.5, 0.6) is 0 Å². The van der Waals surface area contributed by atoms with Gasteiger partial charge in [-0.1, -0.05) is 42.1 Å². The second-order valence-electron chi connectivity index (χ2n) is 8.22. The number of nitrogens with zero attached hydrogens (tertiary/aromatic N) is 1. The number of anilines is 2. The second-order valence-corrected chi connectivity index (χ2v) is 11.0. The van der Waals surface area contributed by atoms with Crippen molar-refractivity contribution >= 4 is 45.0 Å². The number of benzene rings is 3. The summed E-state index contributed by atoms with van der Waals surface area (Å²) in [6, 6.07) is 19.4. The van der Waals surface area contributed by atoms with Gasteiger partial charge in [-0.15, -0.1) is 0 Å². The van der Waals surface area contributed by atoms with E-state index in [0.29, 0.717) is 5.56 Å². The van der Waals surface area contributed by atoms with Crippen molar-refractivity contribution in [2.75, 3.05) is 11.5 Å². The fraction of sp³-hybridized carbons (Fsp3) is 0.200. The number of esters is 1. The summed E-state index contributed by atoms with van der Waals surface area (Å²) in [5.74, 6) is -1.15. The number of sulfonamides is 1. The van der Waals surface area contributed by atoms with Crippen LogP contribution in [0.15, 0.2) is 81.4 Å². The quantitative estimate of drug-likeness (QED) is 0.510. The molecule has 3 aromatic carbocycles. The molecule has 0 radical (unpaired) electrons. The van der Waals surface area contributed by atoms with Crippen LogP contribution in [0, 0.1) is 6.92 Å². The molecule has 9 heteroatoms. The van der Waals surface area contributed by atoms with Gasteiger partial charge in [-0.05, 0) is 61.7 Å². The molecule has 0 atom stereocenters. The average Bonchev–Trinajstić information content (AvgIpc) is 3.64. The number of hydrogen-bond acceptors (Lipinski definition) is 6. The van der Waals surface area contributed by atoms with Crippen molar-refractivity contribution in [3.8, 4) is 0 Å². The molecule has 0 saturated heterocycles. The van der Waals surface area contributed by atoms with E-state index in [9.17, 15) is 18.0 Å². The third-order valence-electron chi connectivity index (χ3n) is 5.65. The number of carbonyl (C=O) groups excluding carboxylic acids is 2. The number of nitrogens with one attached hydrogen (secondary N) is 1. The highest BCUT2D eigenvalue weighted by Gasteiger charge is 2.30. The molecule has 0 spiro atoms. The maximum atomic E-state index is 13.2. The van der Waals surface area contributed by atoms with Crippen LogP contribution in [0.4, 0.5) is 11.4 Å². The minimum atomic E-state index is -3.72. The van der Waals surface area contributed by atoms with Gasteiger partial charge in [0.05, 0.1) is 21.8 Å². The summed E-state index contributed by atoms with van der Waals surface area (Å²) < 4.78 is 33.1. The van der Waals surface area contributed by atoms with Crippen LogP contribution in [0.1, 0.15) is 28.8 Å². The van der Waals surface area contributed by atoms with Crippen LogP contribution >= 0.6 is 11.8 Å². The lowest BCUT2D eigenvalue weighted by molar-refractivity contribution is -0.121. The van der Waals surface area contributed by atoms with Gasteiger partial charge in [0.15, 0.2) is 6.61 Å². The van der Waals surface area contributed by atoms with E-state index in [1.54, 1.807) is 29.7 Å². The largest absolute Gasteiger partial charge is 0.452 e. The Bertz CT molecular complexity index is 1350. The van der Waals surface area contributed by atoms with Gasteiger partial charge in [-0.3, -0.25) is 9.69 Å². The zero-order valence-electron chi connectivity index (χ0n) is 18.4. The molecule has 1 saturated carbocycles. The fourth-order valence-corrected chi connectivity index (χ4v) is 6.11. The van der Waals surface area contributed by atoms with Crippen LogP contribution in [-0.2, 0) is 19.6 Å². The van der Waals surface area contributed by atoms with Crippen LogP contribution in [0.3, 0.4) is 0 Å². The molecule has 34 heavy (non-hydrogen) atoms. The van der Waals surface area contributed by atoms with Crippen molar-refractivity contribution in [1.29, 1.82) is 0 Å². The molecule has 1 aliphatic heterocycles. The minimum absolute atomic E-state index is 0.000753. The molecule has 1 heterocycles. The van der Waals surface area contributed by atoms with Gasteiger partial charge in [0.25, 0.3) is 5.91 Å². The van der Waals surface area contributed by atoms with Gasteiger partial charge in [0, 0.05) is 15.8 Å². The SMILES string of the molecule is Cc1ccc(S(=O)(=O)NC2CC2)cc1C(=O)OCC(=O)N1c2ccccc2Sc2ccccc21. The minimum Gasteiger partial charge on any atom is -0.452 e. The molecular formula is C25H22N2O5S2. The smallest absolute Gasteiger partial charge is 0.338 e. The van der Waals surface area contributed by atoms with Crippen LogP contribution in [0.25, 0.3) is 0 Å². The van der Waals surface area contributed by atoms with E-state index in [0.717, 1.165) is 34.0 Å². The van der Waals surface area contributed by atoms with E-state index < -0.39 is 28.5 Å². The summed E-state index contributed by atoms with van der Waals surface area (Å²) in [6.07, 6.45) is 1.62. The first kappa shape index (κ1) is 22.6. The lowest BCUT2D eigenvalue weighted by Crippen LogP contribution is -2.32. The second kappa shape index (κ2) is 8.90. The Labute approximate surface area is 202 Å². The number of amides is 1. The molecule has 0 bridgehead atoms. The molecule has 174 valence electrons. The number of hydrogen-bond donors (Lipinski definition) is 1. The fourth-order valence-electron chi connectivity index (χ4n) is 3.72. The maximum absolute atomic E-state index is 13.2. The van der Waals surface area contributed by atoms with Crippen LogP contribution in [0.2, 0.25) is 0 Å². The molecule has 7 nitrogen and oxygen atoms in total. The number of carbonyl (C=O) groups is 2. The Morgan fingerprint density at radius 1 is 1.00 bits per heavy atom. The molecule has 1 fully saturated rings. The number of rotatable bonds is 6. The molecule has 0 unspecified atom stereocenters. The van der Waals surface area contributed by atoms with E-state index in [-0.39, 0.29) is 16.5 Å². The standard InChI is InChI=1S/C25H22N2O5S2/c1-16-10-13-18(34(30,31)26-17-11-12-17)14-19(16)25(29)32-15-24(28)27-20-6-2-4-8-22(20)33-23-9-5-3-7-21(23)27/h2-10,13-14,17,26H,11-12,15H2,1H3. The molecule has 5 rings (SSSR count). The highest BCUT2D eigenvalue weighted by Crippen LogP contribution is 2.47. The molecular weight excluding hydrogens is 472 g/mol. The Hall–Kier alpha value is -3.14. The molecule has 3 aromatic rings. The van der Waals surface area contributed by atoms with Gasteiger partial charge < -0.3 is 4.74 Å². The number of fused-ring (bicyclic) bond motifs is 2. The van der Waals surface area contributed by atoms with Gasteiger partial charge >= 0.3 is 5.97 Å². The van der Waals surface area contributed by atoms with Crippen molar-refractivity contribution in [3.05, 3.63) is 77.9 Å². The third-order valence-corrected chi connectivity index (χ3v) is 8.30. The first-order valence-electron chi connectivity index (χ1n) is 10.8. The van der Waals surface area contributed by atoms with Crippen molar-refractivity contribution in [3.63, 3.8) is 0 Å². The topological polar surface area (TPSA) is 92.8 Å². The van der Waals surface area contributed by atoms with E-state index in [4.69, 9.17) is 4.74 Å². The van der Waals surface area contributed by atoms with Crippen molar-refractivity contribution in [1.82, 2.24) is 4.72 Å². The molecule has 1 aliphatic carbocycles. The van der Waals surface area contributed by atoms with Gasteiger partial charge in [0.2, 0.25) is 10.0 Å². The monoisotopic (exact) mass is 494 g/mol. The van der Waals surface area contributed by atoms with Crippen molar-refractivity contribution in [2.24, 2.45) is 0 Å². The van der Waals surface area contributed by atoms with Crippen LogP contribution in [-0.4, -0.2) is 32.9 Å². The summed E-state index contributed by atoms with van der Waals surface area (Å²) in [5.41, 5.74) is 2.12. The van der Waals surface area contributed by atoms with Crippen molar-refractivity contribution < 1.29 is 22.7 Å². The first-order valence-corrected chi connectivity index (χ1v) is 13.1. The van der Waals surface area contributed by atoms with Crippen LogP contribution < -0.4 is 9.62 Å². The highest BCUT2D eigenvalue weighted by atomic mass is 32.2. The van der Waals surface area contributed by atoms with E-state index in [1.165, 1.54) is 12.1 Å². The lowest BCUT2D eigenvalue weighted by atomic mass is 10.1. The molecule has 1 amide bonds. The zero-order valence-corrected chi connectivity index (χ0v) is 20.0. The average molecular weight is 495 g/mol. The molecule has 0 aromatic heterocycles. The van der Waals surface area contributed by atoms with Crippen molar-refractivity contribution in [2.45, 2.75) is 40.5 Å². The summed E-state index contributed by atoms with van der Waals surface area (Å²) in [6.45, 7) is 1.21. The predicted molar refractivity (Wildman–Crippen MR) is 129 cm³/mol.